The van der Waals surface area contributed by atoms with Crippen molar-refractivity contribution in [2.75, 3.05) is 18.4 Å². The lowest BCUT2D eigenvalue weighted by Gasteiger charge is -2.31. The van der Waals surface area contributed by atoms with Crippen LogP contribution < -0.4 is 10.6 Å². The van der Waals surface area contributed by atoms with E-state index in [1.54, 1.807) is 6.07 Å². The number of benzene rings is 1. The number of halogens is 1. The van der Waals surface area contributed by atoms with E-state index < -0.39 is 17.3 Å². The van der Waals surface area contributed by atoms with Crippen molar-refractivity contribution in [3.05, 3.63) is 30.1 Å². The summed E-state index contributed by atoms with van der Waals surface area (Å²) in [5, 5.41) is 15.7. The minimum absolute atomic E-state index is 0.363. The van der Waals surface area contributed by atoms with Crippen LogP contribution in [-0.4, -0.2) is 29.7 Å². The van der Waals surface area contributed by atoms with Gasteiger partial charge in [-0.15, -0.1) is 0 Å². The summed E-state index contributed by atoms with van der Waals surface area (Å²) >= 11 is 0. The van der Waals surface area contributed by atoms with Crippen molar-refractivity contribution < 1.29 is 14.3 Å². The SMILES string of the molecule is O=C(Nc1cccc(F)c1)C1(O)CCNCC1. The average Bonchev–Trinajstić information content (AvgIpc) is 2.30. The van der Waals surface area contributed by atoms with Crippen molar-refractivity contribution in [2.45, 2.75) is 18.4 Å². The molecule has 0 aliphatic carbocycles. The molecule has 2 rings (SSSR count). The summed E-state index contributed by atoms with van der Waals surface area (Å²) < 4.78 is 12.9. The molecule has 0 radical (unpaired) electrons. The van der Waals surface area contributed by atoms with E-state index >= 15 is 0 Å². The lowest BCUT2D eigenvalue weighted by molar-refractivity contribution is -0.136. The molecule has 4 nitrogen and oxygen atoms in total. The molecule has 1 aromatic rings. The number of nitrogens with one attached hydrogen (secondary N) is 2. The highest BCUT2D eigenvalue weighted by molar-refractivity contribution is 5.97. The first-order chi connectivity index (χ1) is 8.10. The number of hydrogen-bond donors (Lipinski definition) is 3. The topological polar surface area (TPSA) is 61.4 Å². The summed E-state index contributed by atoms with van der Waals surface area (Å²) in [7, 11) is 0. The highest BCUT2D eigenvalue weighted by Crippen LogP contribution is 2.20. The summed E-state index contributed by atoms with van der Waals surface area (Å²) in [5.74, 6) is -0.885. The lowest BCUT2D eigenvalue weighted by Crippen LogP contribution is -2.50. The van der Waals surface area contributed by atoms with Crippen LogP contribution in [0.25, 0.3) is 0 Å². The Hall–Kier alpha value is -1.46. The van der Waals surface area contributed by atoms with Gasteiger partial charge in [-0.1, -0.05) is 6.07 Å². The number of carbonyl (C=O) groups is 1. The van der Waals surface area contributed by atoms with Gasteiger partial charge in [0.2, 0.25) is 0 Å². The van der Waals surface area contributed by atoms with E-state index in [0.717, 1.165) is 0 Å². The van der Waals surface area contributed by atoms with Gasteiger partial charge < -0.3 is 15.7 Å². The molecule has 0 atom stereocenters. The quantitative estimate of drug-likeness (QED) is 0.716. The lowest BCUT2D eigenvalue weighted by atomic mass is 9.91. The number of hydrogen-bond acceptors (Lipinski definition) is 3. The third kappa shape index (κ3) is 2.81. The summed E-state index contributed by atoms with van der Waals surface area (Å²) in [5.41, 5.74) is -0.987. The average molecular weight is 238 g/mol. The molecule has 1 aliphatic rings. The van der Waals surface area contributed by atoms with Gasteiger partial charge >= 0.3 is 0 Å². The largest absolute Gasteiger partial charge is 0.380 e. The van der Waals surface area contributed by atoms with Crippen LogP contribution in [-0.2, 0) is 4.79 Å². The first-order valence-electron chi connectivity index (χ1n) is 5.60. The van der Waals surface area contributed by atoms with Gasteiger partial charge in [-0.3, -0.25) is 4.79 Å². The number of amides is 1. The van der Waals surface area contributed by atoms with Gasteiger partial charge in [-0.25, -0.2) is 4.39 Å². The molecular weight excluding hydrogens is 223 g/mol. The molecule has 1 saturated heterocycles. The molecule has 0 bridgehead atoms. The van der Waals surface area contributed by atoms with Crippen LogP contribution in [0.4, 0.5) is 10.1 Å². The molecule has 1 amide bonds. The fraction of sp³-hybridized carbons (Fsp3) is 0.417. The van der Waals surface area contributed by atoms with Gasteiger partial charge in [0.1, 0.15) is 11.4 Å². The maximum Gasteiger partial charge on any atom is 0.256 e. The van der Waals surface area contributed by atoms with E-state index in [-0.39, 0.29) is 0 Å². The molecule has 0 saturated carbocycles. The zero-order valence-electron chi connectivity index (χ0n) is 9.37. The van der Waals surface area contributed by atoms with Gasteiger partial charge in [-0.2, -0.15) is 0 Å². The third-order valence-electron chi connectivity index (χ3n) is 2.94. The zero-order chi connectivity index (χ0) is 12.3. The maximum atomic E-state index is 12.9. The highest BCUT2D eigenvalue weighted by atomic mass is 19.1. The molecule has 0 aromatic heterocycles. The first kappa shape index (κ1) is 12.0. The van der Waals surface area contributed by atoms with Gasteiger partial charge in [0.05, 0.1) is 0 Å². The maximum absolute atomic E-state index is 12.9. The number of aliphatic hydroxyl groups is 1. The van der Waals surface area contributed by atoms with E-state index in [1.807, 2.05) is 0 Å². The standard InChI is InChI=1S/C12H15FN2O2/c13-9-2-1-3-10(8-9)15-11(16)12(17)4-6-14-7-5-12/h1-3,8,14,17H,4-7H2,(H,15,16). The Kier molecular flexibility index (Phi) is 3.40. The van der Waals surface area contributed by atoms with E-state index in [1.165, 1.54) is 18.2 Å². The predicted molar refractivity (Wildman–Crippen MR) is 62.1 cm³/mol. The van der Waals surface area contributed by atoms with Crippen LogP contribution in [0, 0.1) is 5.82 Å². The van der Waals surface area contributed by atoms with Crippen molar-refractivity contribution in [1.29, 1.82) is 0 Å². The van der Waals surface area contributed by atoms with Crippen molar-refractivity contribution in [2.24, 2.45) is 0 Å². The molecule has 0 spiro atoms. The minimum Gasteiger partial charge on any atom is -0.380 e. The second-order valence-electron chi connectivity index (χ2n) is 4.25. The number of anilines is 1. The number of carbonyl (C=O) groups excluding carboxylic acids is 1. The fourth-order valence-corrected chi connectivity index (χ4v) is 1.88. The Morgan fingerprint density at radius 1 is 1.41 bits per heavy atom. The van der Waals surface area contributed by atoms with Gasteiger partial charge in [0, 0.05) is 5.69 Å². The van der Waals surface area contributed by atoms with E-state index in [2.05, 4.69) is 10.6 Å². The van der Waals surface area contributed by atoms with E-state index in [4.69, 9.17) is 0 Å². The molecule has 5 heteroatoms. The number of rotatable bonds is 2. The summed E-state index contributed by atoms with van der Waals surface area (Å²) in [6.45, 7) is 1.21. The van der Waals surface area contributed by atoms with Crippen LogP contribution in [0.3, 0.4) is 0 Å². The van der Waals surface area contributed by atoms with Crippen molar-refractivity contribution in [3.63, 3.8) is 0 Å². The van der Waals surface area contributed by atoms with Crippen molar-refractivity contribution >= 4 is 11.6 Å². The minimum atomic E-state index is -1.35. The van der Waals surface area contributed by atoms with Crippen molar-refractivity contribution in [3.8, 4) is 0 Å². The molecule has 1 heterocycles. The second-order valence-corrected chi connectivity index (χ2v) is 4.25. The van der Waals surface area contributed by atoms with Crippen LogP contribution in [0.2, 0.25) is 0 Å². The Labute approximate surface area is 98.8 Å². The predicted octanol–water partition coefficient (Wildman–Crippen LogP) is 0.879. The number of piperidine rings is 1. The normalized spacial score (nSPS) is 18.7. The zero-order valence-corrected chi connectivity index (χ0v) is 9.37. The monoisotopic (exact) mass is 238 g/mol. The Bertz CT molecular complexity index is 417. The molecular formula is C12H15FN2O2. The van der Waals surface area contributed by atoms with Crippen LogP contribution in [0.5, 0.6) is 0 Å². The molecule has 3 N–H and O–H groups in total. The molecule has 1 aromatic carbocycles. The van der Waals surface area contributed by atoms with E-state index in [0.29, 0.717) is 31.6 Å². The van der Waals surface area contributed by atoms with Crippen LogP contribution in [0.15, 0.2) is 24.3 Å². The third-order valence-corrected chi connectivity index (χ3v) is 2.94. The van der Waals surface area contributed by atoms with Crippen LogP contribution in [0.1, 0.15) is 12.8 Å². The first-order valence-corrected chi connectivity index (χ1v) is 5.60. The summed E-state index contributed by atoms with van der Waals surface area (Å²) in [4.78, 5) is 11.9. The molecule has 1 fully saturated rings. The molecule has 17 heavy (non-hydrogen) atoms. The Balaban J connectivity index is 2.05. The summed E-state index contributed by atoms with van der Waals surface area (Å²) in [6.07, 6.45) is 0.738. The Morgan fingerprint density at radius 2 is 2.12 bits per heavy atom. The Morgan fingerprint density at radius 3 is 2.76 bits per heavy atom. The van der Waals surface area contributed by atoms with Gasteiger partial charge in [0.15, 0.2) is 0 Å². The van der Waals surface area contributed by atoms with Crippen molar-refractivity contribution in [1.82, 2.24) is 5.32 Å². The summed E-state index contributed by atoms with van der Waals surface area (Å²) in [6, 6.07) is 5.63. The molecule has 1 aliphatic heterocycles. The fourth-order valence-electron chi connectivity index (χ4n) is 1.88. The van der Waals surface area contributed by atoms with Gasteiger partial charge in [-0.05, 0) is 44.1 Å². The molecule has 92 valence electrons. The molecule has 0 unspecified atom stereocenters. The highest BCUT2D eigenvalue weighted by Gasteiger charge is 2.37. The van der Waals surface area contributed by atoms with Gasteiger partial charge in [0.25, 0.3) is 5.91 Å². The van der Waals surface area contributed by atoms with E-state index in [9.17, 15) is 14.3 Å². The van der Waals surface area contributed by atoms with Crippen LogP contribution >= 0.6 is 0 Å². The second kappa shape index (κ2) is 4.81. The smallest absolute Gasteiger partial charge is 0.256 e.